The summed E-state index contributed by atoms with van der Waals surface area (Å²) < 4.78 is 13.7. The van der Waals surface area contributed by atoms with Crippen molar-refractivity contribution in [3.05, 3.63) is 54.2 Å². The lowest BCUT2D eigenvalue weighted by molar-refractivity contribution is 0.111. The maximum absolute atomic E-state index is 13.7. The van der Waals surface area contributed by atoms with Crippen LogP contribution in [0.15, 0.2) is 42.7 Å². The summed E-state index contributed by atoms with van der Waals surface area (Å²) >= 11 is 0. The van der Waals surface area contributed by atoms with Gasteiger partial charge in [-0.1, -0.05) is 0 Å². The first-order chi connectivity index (χ1) is 17.0. The van der Waals surface area contributed by atoms with Gasteiger partial charge >= 0.3 is 0 Å². The number of nitrogens with zero attached hydrogens (tertiary/aromatic N) is 6. The zero-order valence-electron chi connectivity index (χ0n) is 20.4. The average molecular weight is 475 g/mol. The lowest BCUT2D eigenvalue weighted by Gasteiger charge is -2.36. The highest BCUT2D eigenvalue weighted by Gasteiger charge is 2.18. The van der Waals surface area contributed by atoms with Gasteiger partial charge in [0.1, 0.15) is 5.82 Å². The fraction of sp³-hybridized carbons (Fsp3) is 0.385. The van der Waals surface area contributed by atoms with E-state index in [4.69, 9.17) is 4.98 Å². The largest absolute Gasteiger partial charge is 0.382 e. The van der Waals surface area contributed by atoms with Gasteiger partial charge in [0.25, 0.3) is 0 Å². The average Bonchev–Trinajstić information content (AvgIpc) is 3.36. The number of pyridine rings is 3. The lowest BCUT2D eigenvalue weighted by atomic mass is 10.1. The molecule has 0 unspecified atom stereocenters. The Kier molecular flexibility index (Phi) is 6.70. The first kappa shape index (κ1) is 23.3. The van der Waals surface area contributed by atoms with Gasteiger partial charge in [-0.25, -0.2) is 14.4 Å². The molecule has 0 spiro atoms. The Morgan fingerprint density at radius 2 is 1.80 bits per heavy atom. The highest BCUT2D eigenvalue weighted by atomic mass is 19.1. The molecule has 1 aliphatic heterocycles. The summed E-state index contributed by atoms with van der Waals surface area (Å²) in [7, 11) is 0. The van der Waals surface area contributed by atoms with E-state index in [1.807, 2.05) is 24.4 Å². The third-order valence-electron chi connectivity index (χ3n) is 6.62. The van der Waals surface area contributed by atoms with Crippen LogP contribution >= 0.6 is 0 Å². The van der Waals surface area contributed by atoms with E-state index in [1.54, 1.807) is 19.2 Å². The van der Waals surface area contributed by atoms with Crippen LogP contribution in [0.4, 0.5) is 10.1 Å². The molecule has 0 aliphatic carbocycles. The van der Waals surface area contributed by atoms with Crippen molar-refractivity contribution in [2.75, 3.05) is 44.6 Å². The third-order valence-corrected chi connectivity index (χ3v) is 6.62. The minimum atomic E-state index is -0.331. The highest BCUT2D eigenvalue weighted by Crippen LogP contribution is 2.29. The van der Waals surface area contributed by atoms with E-state index in [0.717, 1.165) is 67.2 Å². The molecule has 1 fully saturated rings. The fourth-order valence-corrected chi connectivity index (χ4v) is 4.47. The number of aromatic nitrogens is 5. The number of halogens is 1. The second kappa shape index (κ2) is 10.1. The molecule has 182 valence electrons. The molecule has 4 aromatic rings. The van der Waals surface area contributed by atoms with Gasteiger partial charge in [-0.05, 0) is 51.1 Å². The summed E-state index contributed by atoms with van der Waals surface area (Å²) in [5.74, 6) is -0.331. The quantitative estimate of drug-likeness (QED) is 0.419. The second-order valence-electron chi connectivity index (χ2n) is 9.28. The van der Waals surface area contributed by atoms with E-state index in [0.29, 0.717) is 23.1 Å². The van der Waals surface area contributed by atoms with Crippen LogP contribution < -0.4 is 5.32 Å². The molecular formula is C26H31FN8. The number of hydrogen-bond donors (Lipinski definition) is 2. The number of aromatic amines is 1. The van der Waals surface area contributed by atoms with Crippen LogP contribution in [0.2, 0.25) is 0 Å². The molecule has 0 amide bonds. The van der Waals surface area contributed by atoms with Gasteiger partial charge in [0.15, 0.2) is 0 Å². The van der Waals surface area contributed by atoms with Crippen LogP contribution in [-0.2, 0) is 0 Å². The topological polar surface area (TPSA) is 85.9 Å². The van der Waals surface area contributed by atoms with Gasteiger partial charge in [0, 0.05) is 50.9 Å². The van der Waals surface area contributed by atoms with Crippen molar-refractivity contribution in [3.63, 3.8) is 0 Å². The highest BCUT2D eigenvalue weighted by molar-refractivity contribution is 5.83. The predicted octanol–water partition coefficient (Wildman–Crippen LogP) is 3.97. The van der Waals surface area contributed by atoms with E-state index in [2.05, 4.69) is 49.1 Å². The van der Waals surface area contributed by atoms with Crippen molar-refractivity contribution in [1.82, 2.24) is 34.9 Å². The SMILES string of the molecule is Cc1nc(-c2[nH]ncc2-c2ccc3ncc(NCCN4CCN(C(C)C)CC4)cc3n2)ccc1F. The summed E-state index contributed by atoms with van der Waals surface area (Å²) in [5.41, 5.74) is 5.82. The number of H-pyrrole nitrogens is 1. The smallest absolute Gasteiger partial charge is 0.144 e. The Balaban J connectivity index is 1.29. The molecule has 0 bridgehead atoms. The molecule has 1 saturated heterocycles. The maximum Gasteiger partial charge on any atom is 0.144 e. The maximum atomic E-state index is 13.7. The molecule has 0 saturated carbocycles. The van der Waals surface area contributed by atoms with Crippen LogP contribution in [0.3, 0.4) is 0 Å². The van der Waals surface area contributed by atoms with E-state index >= 15 is 0 Å². The van der Waals surface area contributed by atoms with Crippen molar-refractivity contribution < 1.29 is 4.39 Å². The first-order valence-electron chi connectivity index (χ1n) is 12.1. The van der Waals surface area contributed by atoms with Crippen molar-refractivity contribution in [2.24, 2.45) is 0 Å². The molecule has 1 aliphatic rings. The number of piperazine rings is 1. The minimum Gasteiger partial charge on any atom is -0.382 e. The van der Waals surface area contributed by atoms with Crippen LogP contribution in [0.25, 0.3) is 33.7 Å². The Labute approximate surface area is 204 Å². The summed E-state index contributed by atoms with van der Waals surface area (Å²) in [6, 6.07) is 9.59. The summed E-state index contributed by atoms with van der Waals surface area (Å²) in [4.78, 5) is 18.8. The van der Waals surface area contributed by atoms with Gasteiger partial charge < -0.3 is 5.32 Å². The van der Waals surface area contributed by atoms with Gasteiger partial charge in [-0.15, -0.1) is 0 Å². The predicted molar refractivity (Wildman–Crippen MR) is 137 cm³/mol. The van der Waals surface area contributed by atoms with Crippen molar-refractivity contribution in [1.29, 1.82) is 0 Å². The molecule has 5 rings (SSSR count). The monoisotopic (exact) mass is 474 g/mol. The molecule has 0 radical (unpaired) electrons. The zero-order chi connectivity index (χ0) is 24.4. The second-order valence-corrected chi connectivity index (χ2v) is 9.28. The lowest BCUT2D eigenvalue weighted by Crippen LogP contribution is -2.49. The third kappa shape index (κ3) is 5.16. The molecule has 2 N–H and O–H groups in total. The molecule has 9 heteroatoms. The van der Waals surface area contributed by atoms with Crippen LogP contribution in [0.5, 0.6) is 0 Å². The Morgan fingerprint density at radius 1 is 1.00 bits per heavy atom. The molecule has 0 atom stereocenters. The number of anilines is 1. The van der Waals surface area contributed by atoms with Crippen LogP contribution in [0.1, 0.15) is 19.5 Å². The fourth-order valence-electron chi connectivity index (χ4n) is 4.47. The Morgan fingerprint density at radius 3 is 2.57 bits per heavy atom. The van der Waals surface area contributed by atoms with Gasteiger partial charge in [0.2, 0.25) is 0 Å². The molecule has 8 nitrogen and oxygen atoms in total. The molecule has 4 aromatic heterocycles. The van der Waals surface area contributed by atoms with Gasteiger partial charge in [0.05, 0.1) is 51.9 Å². The molecule has 5 heterocycles. The molecular weight excluding hydrogens is 443 g/mol. The van der Waals surface area contributed by atoms with Crippen molar-refractivity contribution >= 4 is 16.7 Å². The van der Waals surface area contributed by atoms with E-state index < -0.39 is 0 Å². The Bertz CT molecular complexity index is 1310. The summed E-state index contributed by atoms with van der Waals surface area (Å²) in [6.45, 7) is 12.5. The van der Waals surface area contributed by atoms with E-state index in [9.17, 15) is 4.39 Å². The van der Waals surface area contributed by atoms with Crippen LogP contribution in [0, 0.1) is 12.7 Å². The van der Waals surface area contributed by atoms with Gasteiger partial charge in [-0.2, -0.15) is 5.10 Å². The number of nitrogens with one attached hydrogen (secondary N) is 2. The number of aryl methyl sites for hydroxylation is 1. The summed E-state index contributed by atoms with van der Waals surface area (Å²) in [5, 5.41) is 10.7. The summed E-state index contributed by atoms with van der Waals surface area (Å²) in [6.07, 6.45) is 3.58. The zero-order valence-corrected chi connectivity index (χ0v) is 20.4. The molecule has 0 aromatic carbocycles. The number of hydrogen-bond acceptors (Lipinski definition) is 7. The van der Waals surface area contributed by atoms with E-state index in [-0.39, 0.29) is 5.82 Å². The first-order valence-corrected chi connectivity index (χ1v) is 12.1. The van der Waals surface area contributed by atoms with Crippen LogP contribution in [-0.4, -0.2) is 80.3 Å². The number of fused-ring (bicyclic) bond motifs is 1. The Hall–Kier alpha value is -3.43. The normalized spacial score (nSPS) is 15.2. The van der Waals surface area contributed by atoms with Crippen molar-refractivity contribution in [2.45, 2.75) is 26.8 Å². The van der Waals surface area contributed by atoms with Gasteiger partial charge in [-0.3, -0.25) is 19.9 Å². The minimum absolute atomic E-state index is 0.331. The van der Waals surface area contributed by atoms with Crippen molar-refractivity contribution in [3.8, 4) is 22.6 Å². The van der Waals surface area contributed by atoms with E-state index in [1.165, 1.54) is 6.07 Å². The standard InChI is InChI=1S/C26H31FN8/c1-17(2)35-12-10-34(11-13-35)9-8-28-19-14-25-23(29-15-19)7-6-22(32-25)20-16-30-33-26(20)24-5-4-21(27)18(3)31-24/h4-7,14-17,28H,8-13H2,1-3H3,(H,30,33). The molecule has 35 heavy (non-hydrogen) atoms. The number of rotatable bonds is 7.